The van der Waals surface area contributed by atoms with Crippen LogP contribution in [0.4, 0.5) is 4.39 Å². The summed E-state index contributed by atoms with van der Waals surface area (Å²) in [6, 6.07) is 8.08. The van der Waals surface area contributed by atoms with E-state index in [0.717, 1.165) is 31.5 Å². The first-order chi connectivity index (χ1) is 8.48. The van der Waals surface area contributed by atoms with Gasteiger partial charge in [0.25, 0.3) is 0 Å². The van der Waals surface area contributed by atoms with Gasteiger partial charge in [0.15, 0.2) is 0 Å². The molecule has 1 fully saturated rings. The monoisotopic (exact) mass is 249 g/mol. The molecule has 18 heavy (non-hydrogen) atoms. The van der Waals surface area contributed by atoms with Crippen molar-refractivity contribution in [1.82, 2.24) is 5.32 Å². The summed E-state index contributed by atoms with van der Waals surface area (Å²) in [5.74, 6) is 0.187. The van der Waals surface area contributed by atoms with Gasteiger partial charge in [0.05, 0.1) is 0 Å². The highest BCUT2D eigenvalue weighted by atomic mass is 19.1. The standard InChI is InChI=1S/C16H24FN/c1-16(2,3)14-6-4-12(5-7-14)15(17)13-8-10-18-11-9-13/h4-7,13,15,18H,8-11H2,1-3H3. The first-order valence-corrected chi connectivity index (χ1v) is 6.94. The lowest BCUT2D eigenvalue weighted by Crippen LogP contribution is -2.29. The summed E-state index contributed by atoms with van der Waals surface area (Å²) in [7, 11) is 0. The zero-order chi connectivity index (χ0) is 13.2. The molecule has 1 aromatic carbocycles. The maximum absolute atomic E-state index is 14.4. The average Bonchev–Trinajstić information content (AvgIpc) is 2.38. The zero-order valence-corrected chi connectivity index (χ0v) is 11.7. The lowest BCUT2D eigenvalue weighted by Gasteiger charge is -2.26. The van der Waals surface area contributed by atoms with E-state index in [0.29, 0.717) is 0 Å². The molecule has 0 aliphatic carbocycles. The predicted octanol–water partition coefficient (Wildman–Crippen LogP) is 3.99. The van der Waals surface area contributed by atoms with Crippen LogP contribution in [0.5, 0.6) is 0 Å². The number of halogens is 1. The summed E-state index contributed by atoms with van der Waals surface area (Å²) in [5, 5.41) is 3.28. The molecule has 2 rings (SSSR count). The number of nitrogens with one attached hydrogen (secondary N) is 1. The predicted molar refractivity (Wildman–Crippen MR) is 74.6 cm³/mol. The molecule has 1 unspecified atom stereocenters. The molecule has 0 aromatic heterocycles. The summed E-state index contributed by atoms with van der Waals surface area (Å²) in [4.78, 5) is 0. The van der Waals surface area contributed by atoms with Crippen molar-refractivity contribution in [3.8, 4) is 0 Å². The van der Waals surface area contributed by atoms with Crippen molar-refractivity contribution in [2.75, 3.05) is 13.1 Å². The fourth-order valence-electron chi connectivity index (χ4n) is 2.58. The van der Waals surface area contributed by atoms with Gasteiger partial charge in [-0.25, -0.2) is 4.39 Å². The van der Waals surface area contributed by atoms with Crippen molar-refractivity contribution in [2.45, 2.75) is 45.2 Å². The van der Waals surface area contributed by atoms with Gasteiger partial charge in [-0.15, -0.1) is 0 Å². The molecule has 100 valence electrons. The third-order valence-electron chi connectivity index (χ3n) is 3.89. The first kappa shape index (κ1) is 13.5. The van der Waals surface area contributed by atoms with Gasteiger partial charge < -0.3 is 5.32 Å². The zero-order valence-electron chi connectivity index (χ0n) is 11.7. The Labute approximate surface area is 110 Å². The molecule has 1 N–H and O–H groups in total. The second-order valence-electron chi connectivity index (χ2n) is 6.36. The van der Waals surface area contributed by atoms with Gasteiger partial charge >= 0.3 is 0 Å². The van der Waals surface area contributed by atoms with E-state index in [1.165, 1.54) is 5.56 Å². The Morgan fingerprint density at radius 1 is 1.11 bits per heavy atom. The molecule has 1 aromatic rings. The number of hydrogen-bond acceptors (Lipinski definition) is 1. The number of hydrogen-bond donors (Lipinski definition) is 1. The summed E-state index contributed by atoms with van der Waals surface area (Å²) in [6.45, 7) is 8.45. The molecule has 0 spiro atoms. The maximum atomic E-state index is 14.4. The highest BCUT2D eigenvalue weighted by Gasteiger charge is 2.24. The Bertz CT molecular complexity index is 371. The fraction of sp³-hybridized carbons (Fsp3) is 0.625. The van der Waals surface area contributed by atoms with Crippen LogP contribution in [0.2, 0.25) is 0 Å². The van der Waals surface area contributed by atoms with Gasteiger partial charge in [0.1, 0.15) is 6.17 Å². The number of rotatable bonds is 2. The minimum atomic E-state index is -0.805. The van der Waals surface area contributed by atoms with E-state index in [2.05, 4.69) is 38.2 Å². The quantitative estimate of drug-likeness (QED) is 0.835. The summed E-state index contributed by atoms with van der Waals surface area (Å²) in [6.07, 6.45) is 1.09. The van der Waals surface area contributed by atoms with Gasteiger partial charge in [0, 0.05) is 0 Å². The summed E-state index contributed by atoms with van der Waals surface area (Å²) in [5.41, 5.74) is 2.25. The van der Waals surface area contributed by atoms with Crippen LogP contribution < -0.4 is 5.32 Å². The van der Waals surface area contributed by atoms with Crippen LogP contribution in [0.3, 0.4) is 0 Å². The van der Waals surface area contributed by atoms with E-state index in [-0.39, 0.29) is 11.3 Å². The van der Waals surface area contributed by atoms with Crippen molar-refractivity contribution in [3.05, 3.63) is 35.4 Å². The topological polar surface area (TPSA) is 12.0 Å². The second kappa shape index (κ2) is 5.40. The molecule has 1 heterocycles. The van der Waals surface area contributed by atoms with Crippen molar-refractivity contribution >= 4 is 0 Å². The molecule has 1 saturated heterocycles. The molecule has 1 atom stereocenters. The molecule has 1 aliphatic heterocycles. The fourth-order valence-corrected chi connectivity index (χ4v) is 2.58. The van der Waals surface area contributed by atoms with Crippen LogP contribution in [0.15, 0.2) is 24.3 Å². The van der Waals surface area contributed by atoms with Crippen molar-refractivity contribution in [3.63, 3.8) is 0 Å². The molecule has 0 amide bonds. The van der Waals surface area contributed by atoms with Gasteiger partial charge in [-0.1, -0.05) is 45.0 Å². The van der Waals surface area contributed by atoms with E-state index in [1.807, 2.05) is 12.1 Å². The Balaban J connectivity index is 2.09. The van der Waals surface area contributed by atoms with E-state index >= 15 is 0 Å². The smallest absolute Gasteiger partial charge is 0.128 e. The molecule has 1 nitrogen and oxygen atoms in total. The van der Waals surface area contributed by atoms with Crippen LogP contribution >= 0.6 is 0 Å². The van der Waals surface area contributed by atoms with E-state index < -0.39 is 6.17 Å². The largest absolute Gasteiger partial charge is 0.317 e. The third-order valence-corrected chi connectivity index (χ3v) is 3.89. The van der Waals surface area contributed by atoms with E-state index in [9.17, 15) is 4.39 Å². The lowest BCUT2D eigenvalue weighted by atomic mass is 9.84. The normalized spacial score (nSPS) is 19.8. The van der Waals surface area contributed by atoms with E-state index in [1.54, 1.807) is 0 Å². The van der Waals surface area contributed by atoms with Crippen LogP contribution in [-0.2, 0) is 5.41 Å². The molecule has 0 radical (unpaired) electrons. The molecule has 0 bridgehead atoms. The maximum Gasteiger partial charge on any atom is 0.128 e. The van der Waals surface area contributed by atoms with Crippen molar-refractivity contribution in [1.29, 1.82) is 0 Å². The minimum Gasteiger partial charge on any atom is -0.317 e. The molecular formula is C16H24FN. The minimum absolute atomic E-state index is 0.138. The highest BCUT2D eigenvalue weighted by Crippen LogP contribution is 2.33. The molecule has 1 aliphatic rings. The number of benzene rings is 1. The van der Waals surface area contributed by atoms with Crippen LogP contribution in [0.25, 0.3) is 0 Å². The lowest BCUT2D eigenvalue weighted by molar-refractivity contribution is 0.190. The Morgan fingerprint density at radius 3 is 2.17 bits per heavy atom. The number of alkyl halides is 1. The molecule has 0 saturated carbocycles. The van der Waals surface area contributed by atoms with Gasteiger partial charge in [-0.3, -0.25) is 0 Å². The SMILES string of the molecule is CC(C)(C)c1ccc(C(F)C2CCNCC2)cc1. The number of piperidine rings is 1. The average molecular weight is 249 g/mol. The Morgan fingerprint density at radius 2 is 1.67 bits per heavy atom. The van der Waals surface area contributed by atoms with Crippen LogP contribution in [0, 0.1) is 5.92 Å². The Hall–Kier alpha value is -0.890. The van der Waals surface area contributed by atoms with Gasteiger partial charge in [-0.05, 0) is 48.4 Å². The van der Waals surface area contributed by atoms with Crippen molar-refractivity contribution < 1.29 is 4.39 Å². The molecule has 2 heteroatoms. The van der Waals surface area contributed by atoms with E-state index in [4.69, 9.17) is 0 Å². The van der Waals surface area contributed by atoms with Gasteiger partial charge in [-0.2, -0.15) is 0 Å². The van der Waals surface area contributed by atoms with Crippen LogP contribution in [0.1, 0.15) is 50.9 Å². The molecular weight excluding hydrogens is 225 g/mol. The Kier molecular flexibility index (Phi) is 4.06. The summed E-state index contributed by atoms with van der Waals surface area (Å²) >= 11 is 0. The van der Waals surface area contributed by atoms with Crippen molar-refractivity contribution in [2.24, 2.45) is 5.92 Å². The second-order valence-corrected chi connectivity index (χ2v) is 6.36. The highest BCUT2D eigenvalue weighted by molar-refractivity contribution is 5.29. The summed E-state index contributed by atoms with van der Waals surface area (Å²) < 4.78 is 14.4. The van der Waals surface area contributed by atoms with Gasteiger partial charge in [0.2, 0.25) is 0 Å². The van der Waals surface area contributed by atoms with Crippen LogP contribution in [-0.4, -0.2) is 13.1 Å². The first-order valence-electron chi connectivity index (χ1n) is 6.94. The third kappa shape index (κ3) is 3.11.